The highest BCUT2D eigenvalue weighted by Crippen LogP contribution is 2.45. The maximum Gasteiger partial charge on any atom is -0.00134 e. The molecule has 4 aliphatic carbocycles. The van der Waals surface area contributed by atoms with E-state index in [9.17, 15) is 0 Å². The van der Waals surface area contributed by atoms with Crippen LogP contribution in [-0.4, -0.2) is 0 Å². The van der Waals surface area contributed by atoms with Crippen molar-refractivity contribution in [3.05, 3.63) is 264 Å². The summed E-state index contributed by atoms with van der Waals surface area (Å²) in [5.41, 5.74) is 0. The van der Waals surface area contributed by atoms with Crippen molar-refractivity contribution in [3.63, 3.8) is 0 Å². The molecule has 18 aromatic carbocycles. The average Bonchev–Trinajstić information content (AvgIpc) is 3.63. The number of fused-ring (bicyclic) bond motifs is 12. The van der Waals surface area contributed by atoms with Crippen LogP contribution in [0, 0.1) is 20.9 Å². The van der Waals surface area contributed by atoms with E-state index in [0.717, 1.165) is 0 Å². The molecule has 4 bridgehead atoms. The molecule has 0 heteroatoms. The standard InChI is InChI=1S/C76H40/c1-2-10-42-18-50-26-58-34-66-65(33-57(58)25-49(50)17-41(42)9-1)73-67-35-59-27-51-19-43-11-3-4-12-44(43)20-52(51)28-60(59)36-68(67)74(66)76-71-39-63-31-55-23-47-15-7-5-13-45(47)21-53(55)29-61(63)37-69(71)75(73)70-38-62-30-54-22-46-14-6-8-16-48(46)24-56(54)32-64(62)40-72(70)76/h1-40H. The fourth-order valence-electron chi connectivity index (χ4n) is 14.3. The molecule has 0 amide bonds. The van der Waals surface area contributed by atoms with Crippen LogP contribution in [0.4, 0.5) is 0 Å². The third-order valence-electron chi connectivity index (χ3n) is 17.8. The molecule has 0 aromatic heterocycles. The molecular formula is C76H40. The monoisotopic (exact) mass is 952 g/mol. The lowest BCUT2D eigenvalue weighted by Gasteiger charge is -2.19. The van der Waals surface area contributed by atoms with Gasteiger partial charge in [-0.05, 0) is 339 Å². The highest BCUT2D eigenvalue weighted by molar-refractivity contribution is 6.20. The third kappa shape index (κ3) is 5.37. The summed E-state index contributed by atoms with van der Waals surface area (Å²) in [6.45, 7) is 0. The lowest BCUT2D eigenvalue weighted by Crippen LogP contribution is -1.97. The van der Waals surface area contributed by atoms with Crippen LogP contribution in [0.5, 0.6) is 0 Å². The fraction of sp³-hybridized carbons (Fsp3) is 0. The molecule has 0 heterocycles. The quantitative estimate of drug-likeness (QED) is 0.133. The third-order valence-corrected chi connectivity index (χ3v) is 17.8. The van der Waals surface area contributed by atoms with E-state index < -0.39 is 0 Å². The molecule has 0 spiro atoms. The van der Waals surface area contributed by atoms with Crippen molar-refractivity contribution >= 4 is 172 Å². The van der Waals surface area contributed by atoms with Gasteiger partial charge in [0, 0.05) is 0 Å². The van der Waals surface area contributed by atoms with E-state index in [1.54, 1.807) is 0 Å². The summed E-state index contributed by atoms with van der Waals surface area (Å²) in [7, 11) is 0. The highest BCUT2D eigenvalue weighted by Gasteiger charge is 2.21. The van der Waals surface area contributed by atoms with Crippen molar-refractivity contribution in [2.45, 2.75) is 0 Å². The van der Waals surface area contributed by atoms with Crippen LogP contribution in [0.3, 0.4) is 0 Å². The van der Waals surface area contributed by atoms with Crippen molar-refractivity contribution in [2.75, 3.05) is 0 Å². The largest absolute Gasteiger partial charge is 0.0616 e. The second-order valence-corrected chi connectivity index (χ2v) is 22.1. The van der Waals surface area contributed by atoms with Crippen LogP contribution in [-0.2, 0) is 0 Å². The van der Waals surface area contributed by atoms with E-state index in [1.807, 2.05) is 0 Å². The number of hydrogen-bond donors (Lipinski definition) is 0. The average molecular weight is 953 g/mol. The van der Waals surface area contributed by atoms with Gasteiger partial charge in [-0.1, -0.05) is 97.1 Å². The second kappa shape index (κ2) is 14.0. The Bertz CT molecular complexity index is 4960. The molecule has 0 nitrogen and oxygen atoms in total. The van der Waals surface area contributed by atoms with Gasteiger partial charge < -0.3 is 0 Å². The summed E-state index contributed by atoms with van der Waals surface area (Å²) in [4.78, 5) is 0. The van der Waals surface area contributed by atoms with Crippen LogP contribution >= 0.6 is 0 Å². The highest BCUT2D eigenvalue weighted by atomic mass is 14.2. The number of benzene rings is 18. The minimum atomic E-state index is 1.26. The Morgan fingerprint density at radius 3 is 0.342 bits per heavy atom. The van der Waals surface area contributed by atoms with Gasteiger partial charge in [-0.3, -0.25) is 0 Å². The van der Waals surface area contributed by atoms with Crippen LogP contribution in [0.25, 0.3) is 172 Å². The molecular weight excluding hydrogens is 913 g/mol. The summed E-state index contributed by atoms with van der Waals surface area (Å²) in [5, 5.41) is 46.1. The van der Waals surface area contributed by atoms with E-state index in [0.29, 0.717) is 0 Å². The molecule has 0 N–H and O–H groups in total. The Hall–Kier alpha value is -9.88. The lowest BCUT2D eigenvalue weighted by atomic mass is 9.83. The van der Waals surface area contributed by atoms with Crippen molar-refractivity contribution in [1.82, 2.24) is 0 Å². The molecule has 0 saturated carbocycles. The van der Waals surface area contributed by atoms with Gasteiger partial charge in [0.15, 0.2) is 0 Å². The maximum absolute atomic E-state index is 2.54. The van der Waals surface area contributed by atoms with Gasteiger partial charge in [-0.2, -0.15) is 0 Å². The van der Waals surface area contributed by atoms with Crippen LogP contribution in [0.15, 0.2) is 243 Å². The predicted molar refractivity (Wildman–Crippen MR) is 328 cm³/mol. The molecule has 0 radical (unpaired) electrons. The first-order valence-electron chi connectivity index (χ1n) is 26.7. The van der Waals surface area contributed by atoms with Crippen LogP contribution in [0.2, 0.25) is 0 Å². The first-order valence-corrected chi connectivity index (χ1v) is 26.7. The Labute approximate surface area is 433 Å². The zero-order chi connectivity index (χ0) is 49.1. The molecule has 0 atom stereocenters. The summed E-state index contributed by atoms with van der Waals surface area (Å²) in [6.07, 6.45) is 0. The molecule has 0 fully saturated rings. The molecule has 18 aromatic rings. The van der Waals surface area contributed by atoms with E-state index in [-0.39, 0.29) is 0 Å². The Morgan fingerprint density at radius 1 is 0.105 bits per heavy atom. The van der Waals surface area contributed by atoms with Gasteiger partial charge in [0.25, 0.3) is 0 Å². The Morgan fingerprint density at radius 2 is 0.211 bits per heavy atom. The molecule has 0 saturated heterocycles. The molecule has 4 aliphatic rings. The predicted octanol–water partition coefficient (Wildman–Crippen LogP) is 21.0. The zero-order valence-corrected chi connectivity index (χ0v) is 41.1. The van der Waals surface area contributed by atoms with E-state index in [4.69, 9.17) is 0 Å². The summed E-state index contributed by atoms with van der Waals surface area (Å²) in [5.74, 6) is 0. The maximum atomic E-state index is 2.54. The van der Waals surface area contributed by atoms with Gasteiger partial charge in [-0.15, -0.1) is 0 Å². The summed E-state index contributed by atoms with van der Waals surface area (Å²) < 4.78 is 0. The second-order valence-electron chi connectivity index (χ2n) is 22.1. The van der Waals surface area contributed by atoms with Gasteiger partial charge in [0.2, 0.25) is 0 Å². The van der Waals surface area contributed by atoms with Crippen molar-refractivity contribution in [2.24, 2.45) is 0 Å². The molecule has 0 aliphatic heterocycles. The fourth-order valence-corrected chi connectivity index (χ4v) is 14.3. The number of rotatable bonds is 0. The molecule has 22 rings (SSSR count). The Balaban J connectivity index is 1.07. The Kier molecular flexibility index (Phi) is 7.32. The first kappa shape index (κ1) is 39.6. The molecule has 344 valence electrons. The van der Waals surface area contributed by atoms with E-state index in [1.165, 1.54) is 193 Å². The van der Waals surface area contributed by atoms with Crippen molar-refractivity contribution in [1.29, 1.82) is 0 Å². The van der Waals surface area contributed by atoms with Crippen LogP contribution < -0.4 is 0 Å². The van der Waals surface area contributed by atoms with E-state index in [2.05, 4.69) is 243 Å². The summed E-state index contributed by atoms with van der Waals surface area (Å²) >= 11 is 0. The SMILES string of the molecule is c1ccc2cc3cc4cc5c6c7cc8cc9cc%10ccccc%10cc9cc8cc7c(c5cc4cc3cc2c1)=c1c2cc3cc4cc5ccccc5cc4cc3cc2c=6c2cc3cc4cc5ccccc5cc4cc3cc12. The normalized spacial score (nSPS) is 12.7. The van der Waals surface area contributed by atoms with Gasteiger partial charge >= 0.3 is 0 Å². The van der Waals surface area contributed by atoms with Crippen molar-refractivity contribution in [3.8, 4) is 0 Å². The van der Waals surface area contributed by atoms with Crippen LogP contribution in [0.1, 0.15) is 0 Å². The topological polar surface area (TPSA) is 0 Å². The zero-order valence-electron chi connectivity index (χ0n) is 41.1. The smallest absolute Gasteiger partial charge is 0.00134 e. The minimum Gasteiger partial charge on any atom is -0.0616 e. The van der Waals surface area contributed by atoms with Gasteiger partial charge in [-0.25, -0.2) is 0 Å². The summed E-state index contributed by atoms with van der Waals surface area (Å²) in [6, 6.07) is 93.9. The lowest BCUT2D eigenvalue weighted by molar-refractivity contribution is 1.60. The van der Waals surface area contributed by atoms with Gasteiger partial charge in [0.05, 0.1) is 0 Å². The first-order chi connectivity index (χ1) is 37.5. The van der Waals surface area contributed by atoms with Crippen molar-refractivity contribution < 1.29 is 0 Å². The minimum absolute atomic E-state index is 1.26. The molecule has 76 heavy (non-hydrogen) atoms. The number of hydrogen-bond acceptors (Lipinski definition) is 0. The molecule has 0 unspecified atom stereocenters. The van der Waals surface area contributed by atoms with Gasteiger partial charge in [0.1, 0.15) is 0 Å². The van der Waals surface area contributed by atoms with E-state index >= 15 is 0 Å².